The number of amides is 3. The summed E-state index contributed by atoms with van der Waals surface area (Å²) < 4.78 is 34.9. The van der Waals surface area contributed by atoms with Crippen molar-refractivity contribution in [1.82, 2.24) is 10.6 Å². The Bertz CT molecular complexity index is 1700. The summed E-state index contributed by atoms with van der Waals surface area (Å²) in [4.78, 5) is 54.6. The van der Waals surface area contributed by atoms with Crippen LogP contribution in [0.4, 0.5) is 15.3 Å². The monoisotopic (exact) mass is 803 g/mol. The van der Waals surface area contributed by atoms with Gasteiger partial charge in [-0.05, 0) is 90.3 Å². The van der Waals surface area contributed by atoms with Crippen molar-refractivity contribution < 1.29 is 52.7 Å². The molecule has 0 aromatic heterocycles. The van der Waals surface area contributed by atoms with Crippen LogP contribution in [0.5, 0.6) is 5.75 Å². The number of fused-ring (bicyclic) bond motifs is 5. The van der Waals surface area contributed by atoms with Crippen LogP contribution in [0, 0.1) is 17.8 Å². The molecule has 1 unspecified atom stereocenters. The zero-order chi connectivity index (χ0) is 41.2. The first kappa shape index (κ1) is 43.3. The second-order valence-corrected chi connectivity index (χ2v) is 17.2. The summed E-state index contributed by atoms with van der Waals surface area (Å²) in [5, 5.41) is 17.4. The highest BCUT2D eigenvalue weighted by molar-refractivity contribution is 6.35. The van der Waals surface area contributed by atoms with E-state index in [0.29, 0.717) is 50.1 Å². The fourth-order valence-corrected chi connectivity index (χ4v) is 8.30. The number of hydrogen-bond acceptors (Lipinski definition) is 11. The van der Waals surface area contributed by atoms with Gasteiger partial charge in [0.25, 0.3) is 0 Å². The van der Waals surface area contributed by atoms with Gasteiger partial charge in [0.05, 0.1) is 31.2 Å². The van der Waals surface area contributed by atoms with E-state index < -0.39 is 71.3 Å². The van der Waals surface area contributed by atoms with Crippen molar-refractivity contribution in [2.24, 2.45) is 17.8 Å². The highest BCUT2D eigenvalue weighted by Crippen LogP contribution is 2.49. The molecule has 15 heteroatoms. The van der Waals surface area contributed by atoms with E-state index in [2.05, 4.69) is 10.6 Å². The number of anilines is 1. The van der Waals surface area contributed by atoms with Gasteiger partial charge in [-0.25, -0.2) is 9.59 Å². The zero-order valence-corrected chi connectivity index (χ0v) is 34.7. The number of nitrogens with zero attached hydrogens (tertiary/aromatic N) is 1. The van der Waals surface area contributed by atoms with Gasteiger partial charge in [-0.15, -0.1) is 0 Å². The molecule has 4 bridgehead atoms. The van der Waals surface area contributed by atoms with Crippen LogP contribution in [0.25, 0.3) is 0 Å². The lowest BCUT2D eigenvalue weighted by atomic mass is 9.81. The lowest BCUT2D eigenvalue weighted by molar-refractivity contribution is -0.160. The number of aliphatic hydroxyl groups is 1. The second kappa shape index (κ2) is 17.3. The smallest absolute Gasteiger partial charge is 0.409 e. The van der Waals surface area contributed by atoms with Crippen molar-refractivity contribution in [2.45, 2.75) is 128 Å². The van der Waals surface area contributed by atoms with Gasteiger partial charge in [-0.1, -0.05) is 42.3 Å². The molecular weight excluding hydrogens is 746 g/mol. The molecule has 7 atom stereocenters. The van der Waals surface area contributed by atoms with Gasteiger partial charge in [0, 0.05) is 33.0 Å². The maximum atomic E-state index is 14.2. The van der Waals surface area contributed by atoms with Crippen LogP contribution in [-0.2, 0) is 39.7 Å². The Hall–Kier alpha value is -3.85. The van der Waals surface area contributed by atoms with Crippen molar-refractivity contribution in [3.8, 4) is 5.75 Å². The number of hydrogen-bond donors (Lipinski definition) is 3. The van der Waals surface area contributed by atoms with Crippen molar-refractivity contribution in [3.63, 3.8) is 0 Å². The summed E-state index contributed by atoms with van der Waals surface area (Å²) in [7, 11) is 4.56. The Morgan fingerprint density at radius 2 is 1.84 bits per heavy atom. The number of ether oxygens (including phenoxy) is 6. The standard InChI is InChI=1S/C41H58ClN3O11/c1-23-11-10-12-31(52-9)41(50)21-30(53-38(49)44-41)24(2)35-40(6,55-35)32(20-33(46)45(7)28-18-26(17-23)19-29(51-8)34(28)42)54-36(47)27-15-13-25(14-16-27)22-43-37(48)56-39(3,4)5/h10-12,18-19,24-25,27,30-32,35,50H,13-17,20-22H2,1-9H3,(H,43,48)(H,44,49)/b12-10+,23-11+/t24-,25?,27?,30+,31?,32+,35+,40-,41+/m1/s1. The molecule has 1 aliphatic carbocycles. The van der Waals surface area contributed by atoms with Crippen LogP contribution >= 0.6 is 11.6 Å². The molecule has 310 valence electrons. The molecule has 1 saturated carbocycles. The largest absolute Gasteiger partial charge is 0.495 e. The fourth-order valence-electron chi connectivity index (χ4n) is 7.99. The van der Waals surface area contributed by atoms with Crippen molar-refractivity contribution in [2.75, 3.05) is 32.7 Å². The quantitative estimate of drug-likeness (QED) is 0.175. The number of rotatable bonds is 6. The van der Waals surface area contributed by atoms with Crippen molar-refractivity contribution in [3.05, 3.63) is 46.5 Å². The molecule has 5 rings (SSSR count). The summed E-state index contributed by atoms with van der Waals surface area (Å²) in [5.41, 5.74) is -1.35. The van der Waals surface area contributed by atoms with Crippen LogP contribution < -0.4 is 20.3 Å². The van der Waals surface area contributed by atoms with Gasteiger partial charge >= 0.3 is 18.2 Å². The van der Waals surface area contributed by atoms with E-state index >= 15 is 0 Å². The van der Waals surface area contributed by atoms with Crippen LogP contribution in [0.1, 0.15) is 85.6 Å². The molecule has 3 heterocycles. The van der Waals surface area contributed by atoms with Gasteiger partial charge < -0.3 is 43.7 Å². The summed E-state index contributed by atoms with van der Waals surface area (Å²) in [6.07, 6.45) is 3.36. The topological polar surface area (TPSA) is 174 Å². The van der Waals surface area contributed by atoms with E-state index in [0.717, 1.165) is 11.1 Å². The lowest BCUT2D eigenvalue weighted by Crippen LogP contribution is -2.63. The predicted octanol–water partition coefficient (Wildman–Crippen LogP) is 6.00. The predicted molar refractivity (Wildman–Crippen MR) is 208 cm³/mol. The molecule has 1 aromatic carbocycles. The number of epoxide rings is 1. The van der Waals surface area contributed by atoms with Crippen molar-refractivity contribution in [1.29, 1.82) is 0 Å². The van der Waals surface area contributed by atoms with Gasteiger partial charge in [-0.3, -0.25) is 14.9 Å². The van der Waals surface area contributed by atoms with Crippen molar-refractivity contribution >= 4 is 41.4 Å². The van der Waals surface area contributed by atoms with E-state index in [4.69, 9.17) is 40.0 Å². The van der Waals surface area contributed by atoms with Crippen LogP contribution in [0.15, 0.2) is 35.9 Å². The molecule has 2 saturated heterocycles. The molecule has 3 N–H and O–H groups in total. The molecule has 0 spiro atoms. The van der Waals surface area contributed by atoms with E-state index in [1.807, 2.05) is 32.1 Å². The normalized spacial score (nSPS) is 34.1. The number of methoxy groups -OCH3 is 2. The minimum Gasteiger partial charge on any atom is -0.495 e. The minimum absolute atomic E-state index is 0.0241. The summed E-state index contributed by atoms with van der Waals surface area (Å²) in [6.45, 7) is 11.4. The Kier molecular flexibility index (Phi) is 13.4. The Morgan fingerprint density at radius 1 is 1.14 bits per heavy atom. The van der Waals surface area contributed by atoms with Crippen LogP contribution in [0.2, 0.25) is 5.02 Å². The summed E-state index contributed by atoms with van der Waals surface area (Å²) in [5.74, 6) is -1.14. The molecule has 3 fully saturated rings. The molecule has 1 aromatic rings. The molecule has 0 radical (unpaired) electrons. The average molecular weight is 804 g/mol. The fraction of sp³-hybridized carbons (Fsp3) is 0.659. The van der Waals surface area contributed by atoms with E-state index in [1.165, 1.54) is 19.1 Å². The molecule has 14 nitrogen and oxygen atoms in total. The average Bonchev–Trinajstić information content (AvgIpc) is 3.82. The number of esters is 1. The molecular formula is C41H58ClN3O11. The number of allylic oxidation sites excluding steroid dienone is 3. The number of alkyl carbamates (subject to hydrolysis) is 2. The maximum absolute atomic E-state index is 14.2. The van der Waals surface area contributed by atoms with E-state index in [1.54, 1.807) is 46.9 Å². The van der Waals surface area contributed by atoms with E-state index in [-0.39, 0.29) is 29.7 Å². The second-order valence-electron chi connectivity index (χ2n) is 16.8. The summed E-state index contributed by atoms with van der Waals surface area (Å²) in [6, 6.07) is 3.63. The van der Waals surface area contributed by atoms with Gasteiger partial charge in [0.15, 0.2) is 5.72 Å². The minimum atomic E-state index is -1.81. The van der Waals surface area contributed by atoms with Crippen LogP contribution in [0.3, 0.4) is 0 Å². The number of halogens is 1. The lowest BCUT2D eigenvalue weighted by Gasteiger charge is -2.42. The van der Waals surface area contributed by atoms with Crippen LogP contribution in [-0.4, -0.2) is 98.3 Å². The Morgan fingerprint density at radius 3 is 2.48 bits per heavy atom. The molecule has 3 aliphatic heterocycles. The first-order valence-electron chi connectivity index (χ1n) is 19.3. The van der Waals surface area contributed by atoms with Gasteiger partial charge in [0.2, 0.25) is 5.91 Å². The Labute approximate surface area is 334 Å². The first-order chi connectivity index (χ1) is 26.3. The number of benzene rings is 1. The third kappa shape index (κ3) is 10.2. The number of carbonyl (C=O) groups excluding carboxylic acids is 4. The number of nitrogens with one attached hydrogen (secondary N) is 2. The zero-order valence-electron chi connectivity index (χ0n) is 33.9. The third-order valence-electron chi connectivity index (χ3n) is 11.3. The SMILES string of the molecule is COc1cc2cc(c1Cl)N(C)C(=O)C[C@H](OC(=O)C1CCC(CNC(=O)OC(C)(C)C)CC1)[C@@]1(C)O[C@H]1[C@H](C)[C@@H]1C[C@@](O)(NC(=O)O1)C(OC)/C=C/C=C(\C)C2. The molecule has 56 heavy (non-hydrogen) atoms. The highest BCUT2D eigenvalue weighted by Gasteiger charge is 2.64. The molecule has 3 amide bonds. The van der Waals surface area contributed by atoms with E-state index in [9.17, 15) is 24.3 Å². The number of carbonyl (C=O) groups is 4. The summed E-state index contributed by atoms with van der Waals surface area (Å²) >= 11 is 6.79. The molecule has 4 aliphatic rings. The highest BCUT2D eigenvalue weighted by atomic mass is 35.5. The van der Waals surface area contributed by atoms with Gasteiger partial charge in [-0.2, -0.15) is 0 Å². The maximum Gasteiger partial charge on any atom is 0.409 e. The Balaban J connectivity index is 1.42. The third-order valence-corrected chi connectivity index (χ3v) is 11.7. The van der Waals surface area contributed by atoms with Gasteiger partial charge in [0.1, 0.15) is 40.3 Å². The first-order valence-corrected chi connectivity index (χ1v) is 19.7.